The standard InChI is InChI=1S/C17H30N2O2/c1-2-3-4-5-6-7-8-9-10-11-16-21-17(20)19-14-12-18-13-15-19/h12-14H,2-11,15-16H2,1H3. The Bertz CT molecular complexity index is 327. The highest BCUT2D eigenvalue weighted by atomic mass is 16.6. The van der Waals surface area contributed by atoms with E-state index in [4.69, 9.17) is 4.74 Å². The molecule has 4 heteroatoms. The summed E-state index contributed by atoms with van der Waals surface area (Å²) < 4.78 is 5.23. The molecule has 0 atom stereocenters. The molecule has 0 radical (unpaired) electrons. The largest absolute Gasteiger partial charge is 0.449 e. The minimum atomic E-state index is -0.270. The number of rotatable bonds is 11. The summed E-state index contributed by atoms with van der Waals surface area (Å²) in [4.78, 5) is 17.1. The van der Waals surface area contributed by atoms with E-state index in [1.807, 2.05) is 0 Å². The van der Waals surface area contributed by atoms with E-state index >= 15 is 0 Å². The van der Waals surface area contributed by atoms with E-state index in [9.17, 15) is 4.79 Å². The number of amides is 1. The van der Waals surface area contributed by atoms with Crippen LogP contribution in [-0.4, -0.2) is 30.4 Å². The van der Waals surface area contributed by atoms with Crippen LogP contribution in [0.4, 0.5) is 4.79 Å². The van der Waals surface area contributed by atoms with Crippen molar-refractivity contribution in [3.8, 4) is 0 Å². The zero-order chi connectivity index (χ0) is 15.2. The Kier molecular flexibility index (Phi) is 10.5. The van der Waals surface area contributed by atoms with E-state index in [2.05, 4.69) is 11.9 Å². The molecule has 1 heterocycles. The number of nitrogens with zero attached hydrogens (tertiary/aromatic N) is 2. The Morgan fingerprint density at radius 3 is 2.24 bits per heavy atom. The Labute approximate surface area is 129 Å². The van der Waals surface area contributed by atoms with Crippen LogP contribution in [0.3, 0.4) is 0 Å². The van der Waals surface area contributed by atoms with Crippen LogP contribution in [0.1, 0.15) is 71.1 Å². The molecule has 21 heavy (non-hydrogen) atoms. The molecule has 0 saturated carbocycles. The predicted octanol–water partition coefficient (Wildman–Crippen LogP) is 4.90. The number of unbranched alkanes of at least 4 members (excludes halogenated alkanes) is 9. The van der Waals surface area contributed by atoms with Crippen LogP contribution in [0.2, 0.25) is 0 Å². The van der Waals surface area contributed by atoms with Crippen molar-refractivity contribution in [2.75, 3.05) is 13.2 Å². The second-order valence-corrected chi connectivity index (χ2v) is 5.58. The molecule has 0 bridgehead atoms. The fourth-order valence-corrected chi connectivity index (χ4v) is 2.34. The lowest BCUT2D eigenvalue weighted by Gasteiger charge is -2.17. The summed E-state index contributed by atoms with van der Waals surface area (Å²) >= 11 is 0. The number of aliphatic imine (C=N–C) groups is 1. The number of ether oxygens (including phenoxy) is 1. The van der Waals surface area contributed by atoms with Gasteiger partial charge in [-0.25, -0.2) is 4.79 Å². The van der Waals surface area contributed by atoms with Crippen molar-refractivity contribution in [1.82, 2.24) is 4.90 Å². The van der Waals surface area contributed by atoms with Gasteiger partial charge in [-0.05, 0) is 6.42 Å². The Morgan fingerprint density at radius 2 is 1.67 bits per heavy atom. The normalized spacial score (nSPS) is 13.7. The van der Waals surface area contributed by atoms with Crippen LogP contribution in [0.5, 0.6) is 0 Å². The lowest BCUT2D eigenvalue weighted by atomic mass is 10.1. The Morgan fingerprint density at radius 1 is 1.05 bits per heavy atom. The summed E-state index contributed by atoms with van der Waals surface area (Å²) in [6, 6.07) is 0. The van der Waals surface area contributed by atoms with Gasteiger partial charge in [-0.15, -0.1) is 0 Å². The second-order valence-electron chi connectivity index (χ2n) is 5.58. The van der Waals surface area contributed by atoms with Crippen LogP contribution >= 0.6 is 0 Å². The van der Waals surface area contributed by atoms with Crippen molar-refractivity contribution in [2.24, 2.45) is 4.99 Å². The number of hydrogen-bond acceptors (Lipinski definition) is 3. The van der Waals surface area contributed by atoms with Gasteiger partial charge in [0.15, 0.2) is 0 Å². The molecule has 0 N–H and O–H groups in total. The molecule has 1 amide bonds. The first-order chi connectivity index (χ1) is 10.3. The molecule has 0 spiro atoms. The van der Waals surface area contributed by atoms with Crippen molar-refractivity contribution < 1.29 is 9.53 Å². The summed E-state index contributed by atoms with van der Waals surface area (Å²) in [5.74, 6) is 0. The summed E-state index contributed by atoms with van der Waals surface area (Å²) in [6.07, 6.45) is 17.6. The van der Waals surface area contributed by atoms with E-state index in [0.717, 1.165) is 12.8 Å². The highest BCUT2D eigenvalue weighted by molar-refractivity contribution is 5.75. The fraction of sp³-hybridized carbons (Fsp3) is 0.765. The number of carbonyl (C=O) groups excluding carboxylic acids is 1. The minimum Gasteiger partial charge on any atom is -0.449 e. The molecule has 0 saturated heterocycles. The first-order valence-electron chi connectivity index (χ1n) is 8.46. The van der Waals surface area contributed by atoms with E-state index in [-0.39, 0.29) is 6.09 Å². The third kappa shape index (κ3) is 9.27. The topological polar surface area (TPSA) is 41.9 Å². The van der Waals surface area contributed by atoms with Gasteiger partial charge >= 0.3 is 6.09 Å². The molecule has 0 aromatic heterocycles. The third-order valence-electron chi connectivity index (χ3n) is 3.67. The summed E-state index contributed by atoms with van der Waals surface area (Å²) in [5.41, 5.74) is 0. The molecule has 0 fully saturated rings. The lowest BCUT2D eigenvalue weighted by Crippen LogP contribution is -2.29. The third-order valence-corrected chi connectivity index (χ3v) is 3.67. The average Bonchev–Trinajstić information content (AvgIpc) is 2.53. The summed E-state index contributed by atoms with van der Waals surface area (Å²) in [7, 11) is 0. The van der Waals surface area contributed by atoms with E-state index in [1.165, 1.54) is 56.3 Å². The van der Waals surface area contributed by atoms with Crippen LogP contribution < -0.4 is 0 Å². The fourth-order valence-electron chi connectivity index (χ4n) is 2.34. The van der Waals surface area contributed by atoms with E-state index in [1.54, 1.807) is 18.6 Å². The lowest BCUT2D eigenvalue weighted by molar-refractivity contribution is 0.119. The van der Waals surface area contributed by atoms with Gasteiger partial charge in [-0.2, -0.15) is 0 Å². The van der Waals surface area contributed by atoms with E-state index < -0.39 is 0 Å². The highest BCUT2D eigenvalue weighted by Crippen LogP contribution is 2.10. The van der Waals surface area contributed by atoms with Gasteiger partial charge in [0, 0.05) is 18.6 Å². The van der Waals surface area contributed by atoms with Crippen molar-refractivity contribution in [1.29, 1.82) is 0 Å². The van der Waals surface area contributed by atoms with Gasteiger partial charge in [0.25, 0.3) is 0 Å². The molecule has 0 aromatic rings. The monoisotopic (exact) mass is 294 g/mol. The zero-order valence-electron chi connectivity index (χ0n) is 13.4. The van der Waals surface area contributed by atoms with Gasteiger partial charge in [0.1, 0.15) is 0 Å². The molecule has 0 aliphatic carbocycles. The molecule has 1 aliphatic rings. The van der Waals surface area contributed by atoms with Crippen molar-refractivity contribution >= 4 is 12.3 Å². The average molecular weight is 294 g/mol. The first-order valence-corrected chi connectivity index (χ1v) is 8.46. The molecule has 120 valence electrons. The maximum Gasteiger partial charge on any atom is 0.414 e. The maximum atomic E-state index is 11.6. The Hall–Kier alpha value is -1.32. The summed E-state index contributed by atoms with van der Waals surface area (Å²) in [5, 5.41) is 0. The number of carbonyl (C=O) groups is 1. The zero-order valence-corrected chi connectivity index (χ0v) is 13.4. The van der Waals surface area contributed by atoms with Crippen LogP contribution in [0.15, 0.2) is 17.4 Å². The summed E-state index contributed by atoms with van der Waals surface area (Å²) in [6.45, 7) is 3.28. The van der Waals surface area contributed by atoms with Crippen LogP contribution in [0.25, 0.3) is 0 Å². The molecule has 0 unspecified atom stereocenters. The van der Waals surface area contributed by atoms with Gasteiger partial charge in [0.2, 0.25) is 0 Å². The van der Waals surface area contributed by atoms with Gasteiger partial charge in [-0.1, -0.05) is 64.7 Å². The van der Waals surface area contributed by atoms with Crippen molar-refractivity contribution in [3.63, 3.8) is 0 Å². The molecular weight excluding hydrogens is 264 g/mol. The first kappa shape index (κ1) is 17.7. The molecule has 0 aromatic carbocycles. The molecule has 1 rings (SSSR count). The van der Waals surface area contributed by atoms with Gasteiger partial charge < -0.3 is 4.74 Å². The molecule has 4 nitrogen and oxygen atoms in total. The molecule has 1 aliphatic heterocycles. The van der Waals surface area contributed by atoms with Crippen molar-refractivity contribution in [2.45, 2.75) is 71.1 Å². The smallest absolute Gasteiger partial charge is 0.414 e. The highest BCUT2D eigenvalue weighted by Gasteiger charge is 2.11. The van der Waals surface area contributed by atoms with Crippen LogP contribution in [0, 0.1) is 0 Å². The minimum absolute atomic E-state index is 0.270. The quantitative estimate of drug-likeness (QED) is 0.508. The van der Waals surface area contributed by atoms with Gasteiger partial charge in [0.05, 0.1) is 13.2 Å². The SMILES string of the molecule is CCCCCCCCCCCCOC(=O)N1C=CN=CC1. The number of hydrogen-bond donors (Lipinski definition) is 0. The van der Waals surface area contributed by atoms with Crippen molar-refractivity contribution in [3.05, 3.63) is 12.4 Å². The molecular formula is C17H30N2O2. The van der Waals surface area contributed by atoms with E-state index in [0.29, 0.717) is 13.2 Å². The maximum absolute atomic E-state index is 11.6. The van der Waals surface area contributed by atoms with Gasteiger partial charge in [-0.3, -0.25) is 9.89 Å². The Balaban J connectivity index is 1.83. The predicted molar refractivity (Wildman–Crippen MR) is 87.5 cm³/mol. The van der Waals surface area contributed by atoms with Crippen LogP contribution in [-0.2, 0) is 4.74 Å². The second kappa shape index (κ2) is 12.4.